The van der Waals surface area contributed by atoms with Gasteiger partial charge < -0.3 is 20.1 Å². The van der Waals surface area contributed by atoms with Gasteiger partial charge in [-0.15, -0.1) is 10.2 Å². The Kier molecular flexibility index (Phi) is 5.65. The monoisotopic (exact) mass is 363 g/mol. The van der Waals surface area contributed by atoms with Crippen LogP contribution in [0.4, 0.5) is 14.5 Å². The number of aromatic nitrogens is 3. The summed E-state index contributed by atoms with van der Waals surface area (Å²) < 4.78 is 29.9. The highest BCUT2D eigenvalue weighted by atomic mass is 19.1. The van der Waals surface area contributed by atoms with Crippen molar-refractivity contribution in [1.29, 1.82) is 0 Å². The van der Waals surface area contributed by atoms with Gasteiger partial charge in [0.05, 0.1) is 6.54 Å². The highest BCUT2D eigenvalue weighted by Gasteiger charge is 2.27. The van der Waals surface area contributed by atoms with Crippen molar-refractivity contribution in [3.63, 3.8) is 0 Å². The van der Waals surface area contributed by atoms with Gasteiger partial charge in [-0.1, -0.05) is 6.07 Å². The number of anilines is 1. The van der Waals surface area contributed by atoms with Gasteiger partial charge in [-0.25, -0.2) is 8.78 Å². The van der Waals surface area contributed by atoms with Gasteiger partial charge in [0.15, 0.2) is 11.8 Å². The largest absolute Gasteiger partial charge is 0.365 e. The van der Waals surface area contributed by atoms with Crippen LogP contribution in [0.5, 0.6) is 0 Å². The normalized spacial score (nSPS) is 17.6. The molecule has 2 aromatic rings. The van der Waals surface area contributed by atoms with Crippen LogP contribution in [0.15, 0.2) is 29.5 Å². The number of aryl methyl sites for hydroxylation is 1. The van der Waals surface area contributed by atoms with Crippen LogP contribution in [-0.2, 0) is 13.1 Å². The van der Waals surface area contributed by atoms with Crippen molar-refractivity contribution in [3.05, 3.63) is 42.0 Å². The lowest BCUT2D eigenvalue weighted by Crippen LogP contribution is -2.44. The summed E-state index contributed by atoms with van der Waals surface area (Å²) in [4.78, 5) is 5.94. The molecule has 1 atom stereocenters. The number of nitrogens with zero attached hydrogens (tertiary/aromatic N) is 5. The molecule has 0 amide bonds. The standard InChI is InChI=1S/C17H23F2N7/c1-3-25-11-22-24-15(25)9-21-17(20-2)23-12-7-8-26(10-12)16-13(18)5-4-6-14(16)19/h4-6,11-12H,3,7-10H2,1-2H3,(H2,20,21,23). The fourth-order valence-electron chi connectivity index (χ4n) is 3.10. The molecule has 0 spiro atoms. The molecule has 0 radical (unpaired) electrons. The van der Waals surface area contributed by atoms with Crippen molar-refractivity contribution in [2.45, 2.75) is 32.5 Å². The highest BCUT2D eigenvalue weighted by molar-refractivity contribution is 5.80. The van der Waals surface area contributed by atoms with Crippen LogP contribution in [0, 0.1) is 11.6 Å². The quantitative estimate of drug-likeness (QED) is 0.623. The fraction of sp³-hybridized carbons (Fsp3) is 0.471. The molecule has 3 rings (SSSR count). The Balaban J connectivity index is 1.57. The van der Waals surface area contributed by atoms with Gasteiger partial charge >= 0.3 is 0 Å². The van der Waals surface area contributed by atoms with Crippen molar-refractivity contribution in [2.75, 3.05) is 25.0 Å². The predicted octanol–water partition coefficient (Wildman–Crippen LogP) is 1.52. The Morgan fingerprint density at radius 1 is 1.35 bits per heavy atom. The number of nitrogens with one attached hydrogen (secondary N) is 2. The zero-order valence-corrected chi connectivity index (χ0v) is 14.9. The van der Waals surface area contributed by atoms with E-state index in [1.165, 1.54) is 18.2 Å². The first-order valence-electron chi connectivity index (χ1n) is 8.65. The third-order valence-corrected chi connectivity index (χ3v) is 4.46. The second kappa shape index (κ2) is 8.11. The topological polar surface area (TPSA) is 70.4 Å². The number of para-hydroxylation sites is 1. The van der Waals surface area contributed by atoms with Gasteiger partial charge in [-0.05, 0) is 25.5 Å². The Bertz CT molecular complexity index is 754. The van der Waals surface area contributed by atoms with Crippen molar-refractivity contribution in [2.24, 2.45) is 4.99 Å². The second-order valence-electron chi connectivity index (χ2n) is 6.11. The maximum atomic E-state index is 14.0. The molecule has 1 aliphatic rings. The minimum atomic E-state index is -0.535. The maximum Gasteiger partial charge on any atom is 0.191 e. The van der Waals surface area contributed by atoms with Crippen LogP contribution < -0.4 is 15.5 Å². The van der Waals surface area contributed by atoms with E-state index in [1.54, 1.807) is 18.3 Å². The van der Waals surface area contributed by atoms with E-state index in [-0.39, 0.29) is 11.7 Å². The lowest BCUT2D eigenvalue weighted by atomic mass is 10.2. The molecular formula is C17H23F2N7. The smallest absolute Gasteiger partial charge is 0.191 e. The molecule has 1 saturated heterocycles. The Morgan fingerprint density at radius 3 is 2.81 bits per heavy atom. The minimum Gasteiger partial charge on any atom is -0.365 e. The minimum absolute atomic E-state index is 0.0378. The first-order chi connectivity index (χ1) is 12.6. The lowest BCUT2D eigenvalue weighted by Gasteiger charge is -2.21. The molecular weight excluding hydrogens is 340 g/mol. The van der Waals surface area contributed by atoms with Crippen LogP contribution >= 0.6 is 0 Å². The van der Waals surface area contributed by atoms with Crippen LogP contribution in [0.1, 0.15) is 19.2 Å². The van der Waals surface area contributed by atoms with E-state index in [0.29, 0.717) is 25.6 Å². The van der Waals surface area contributed by atoms with E-state index in [4.69, 9.17) is 0 Å². The summed E-state index contributed by atoms with van der Waals surface area (Å²) in [6, 6.07) is 3.98. The first kappa shape index (κ1) is 18.1. The molecule has 1 aromatic heterocycles. The number of benzene rings is 1. The fourth-order valence-corrected chi connectivity index (χ4v) is 3.10. The van der Waals surface area contributed by atoms with Crippen LogP contribution in [0.3, 0.4) is 0 Å². The van der Waals surface area contributed by atoms with Crippen molar-refractivity contribution in [1.82, 2.24) is 25.4 Å². The van der Waals surface area contributed by atoms with Gasteiger partial charge in [0, 0.05) is 32.7 Å². The first-order valence-corrected chi connectivity index (χ1v) is 8.65. The number of aliphatic imine (C=N–C) groups is 1. The Morgan fingerprint density at radius 2 is 2.12 bits per heavy atom. The molecule has 0 bridgehead atoms. The molecule has 1 aliphatic heterocycles. The van der Waals surface area contributed by atoms with E-state index < -0.39 is 11.6 Å². The number of halogens is 2. The molecule has 7 nitrogen and oxygen atoms in total. The predicted molar refractivity (Wildman–Crippen MR) is 96.0 cm³/mol. The third-order valence-electron chi connectivity index (χ3n) is 4.46. The number of guanidine groups is 1. The SMILES string of the molecule is CCn1cnnc1CNC(=NC)NC1CCN(c2c(F)cccc2F)C1. The van der Waals surface area contributed by atoms with Gasteiger partial charge in [-0.2, -0.15) is 0 Å². The maximum absolute atomic E-state index is 14.0. The summed E-state index contributed by atoms with van der Waals surface area (Å²) >= 11 is 0. The third kappa shape index (κ3) is 3.92. The van der Waals surface area contributed by atoms with Gasteiger partial charge in [0.1, 0.15) is 23.6 Å². The van der Waals surface area contributed by atoms with Crippen molar-refractivity contribution in [3.8, 4) is 0 Å². The molecule has 26 heavy (non-hydrogen) atoms. The molecule has 2 heterocycles. The van der Waals surface area contributed by atoms with Crippen LogP contribution in [0.2, 0.25) is 0 Å². The molecule has 9 heteroatoms. The molecule has 0 saturated carbocycles. The average Bonchev–Trinajstić information content (AvgIpc) is 3.27. The summed E-state index contributed by atoms with van der Waals surface area (Å²) in [7, 11) is 1.68. The van der Waals surface area contributed by atoms with Gasteiger partial charge in [-0.3, -0.25) is 4.99 Å². The summed E-state index contributed by atoms with van der Waals surface area (Å²) in [5.74, 6) is 0.368. The number of hydrogen-bond acceptors (Lipinski definition) is 4. The number of hydrogen-bond donors (Lipinski definition) is 2. The molecule has 1 aromatic carbocycles. The summed E-state index contributed by atoms with van der Waals surface area (Å²) in [6.45, 7) is 4.39. The van der Waals surface area contributed by atoms with E-state index in [2.05, 4.69) is 25.8 Å². The Labute approximate surface area is 151 Å². The van der Waals surface area contributed by atoms with E-state index in [0.717, 1.165) is 18.8 Å². The van der Waals surface area contributed by atoms with Gasteiger partial charge in [0.2, 0.25) is 0 Å². The summed E-state index contributed by atoms with van der Waals surface area (Å²) in [6.07, 6.45) is 2.45. The molecule has 1 unspecified atom stereocenters. The van der Waals surface area contributed by atoms with E-state index in [1.807, 2.05) is 11.5 Å². The molecule has 2 N–H and O–H groups in total. The summed E-state index contributed by atoms with van der Waals surface area (Å²) in [5.41, 5.74) is 0.0378. The van der Waals surface area contributed by atoms with Crippen LogP contribution in [-0.4, -0.2) is 46.9 Å². The number of rotatable bonds is 5. The highest BCUT2D eigenvalue weighted by Crippen LogP contribution is 2.26. The molecule has 140 valence electrons. The zero-order chi connectivity index (χ0) is 18.5. The van der Waals surface area contributed by atoms with Gasteiger partial charge in [0.25, 0.3) is 0 Å². The lowest BCUT2D eigenvalue weighted by molar-refractivity contribution is 0.575. The average molecular weight is 363 g/mol. The van der Waals surface area contributed by atoms with Crippen LogP contribution in [0.25, 0.3) is 0 Å². The summed E-state index contributed by atoms with van der Waals surface area (Å²) in [5, 5.41) is 14.5. The Hall–Kier alpha value is -2.71. The van der Waals surface area contributed by atoms with Crippen molar-refractivity contribution < 1.29 is 8.78 Å². The molecule has 1 fully saturated rings. The van der Waals surface area contributed by atoms with Crippen molar-refractivity contribution >= 4 is 11.6 Å². The second-order valence-corrected chi connectivity index (χ2v) is 6.11. The molecule has 0 aliphatic carbocycles. The van der Waals surface area contributed by atoms with E-state index >= 15 is 0 Å². The zero-order valence-electron chi connectivity index (χ0n) is 14.9. The van der Waals surface area contributed by atoms with E-state index in [9.17, 15) is 8.78 Å².